The molecule has 0 bridgehead atoms. The second-order valence-corrected chi connectivity index (χ2v) is 9.36. The highest BCUT2D eigenvalue weighted by Gasteiger charge is 1.97. The molecule has 0 amide bonds. The van der Waals surface area contributed by atoms with Crippen molar-refractivity contribution in [2.45, 2.75) is 168 Å². The molecule has 0 fully saturated rings. The normalized spacial score (nSPS) is 10.6. The lowest BCUT2D eigenvalue weighted by molar-refractivity contribution is -0.138. The maximum Gasteiger partial charge on any atom is 0.303 e. The van der Waals surface area contributed by atoms with Crippen molar-refractivity contribution in [3.63, 3.8) is 0 Å². The van der Waals surface area contributed by atoms with E-state index in [1.807, 2.05) is 0 Å². The van der Waals surface area contributed by atoms with E-state index in [1.54, 1.807) is 0 Å². The molecule has 0 rings (SSSR count). The van der Waals surface area contributed by atoms with Crippen LogP contribution in [0.15, 0.2) is 0 Å². The summed E-state index contributed by atoms with van der Waals surface area (Å²) >= 11 is 0. The molecule has 0 saturated carbocycles. The number of rotatable bonds is 24. The zero-order chi connectivity index (χ0) is 24.1. The molecule has 0 aliphatic carbocycles. The van der Waals surface area contributed by atoms with Gasteiger partial charge in [0.05, 0.1) is 0 Å². The van der Waals surface area contributed by atoms with Crippen molar-refractivity contribution in [2.75, 3.05) is 0 Å². The Hall–Kier alpha value is -1.06. The fourth-order valence-electron chi connectivity index (χ4n) is 3.88. The van der Waals surface area contributed by atoms with Gasteiger partial charge in [-0.1, -0.05) is 142 Å². The van der Waals surface area contributed by atoms with Crippen molar-refractivity contribution in [3.05, 3.63) is 0 Å². The number of carboxylic acids is 2. The van der Waals surface area contributed by atoms with Crippen LogP contribution in [-0.2, 0) is 9.59 Å². The van der Waals surface area contributed by atoms with Gasteiger partial charge >= 0.3 is 11.9 Å². The van der Waals surface area contributed by atoms with E-state index in [0.29, 0.717) is 12.8 Å². The summed E-state index contributed by atoms with van der Waals surface area (Å²) in [5, 5.41) is 16.7. The van der Waals surface area contributed by atoms with E-state index in [-0.39, 0.29) is 0 Å². The van der Waals surface area contributed by atoms with Crippen molar-refractivity contribution < 1.29 is 19.8 Å². The van der Waals surface area contributed by atoms with Crippen LogP contribution >= 0.6 is 0 Å². The van der Waals surface area contributed by atoms with E-state index < -0.39 is 11.9 Å². The zero-order valence-corrected chi connectivity index (χ0v) is 21.7. The first kappa shape index (κ1) is 33.1. The topological polar surface area (TPSA) is 74.6 Å². The molecule has 0 atom stereocenters. The summed E-state index contributed by atoms with van der Waals surface area (Å²) in [7, 11) is 0. The standard InChI is InChI=1S/C22H44O2.C6H12O2/c1-2-3-4-5-6-7-8-9-10-11-12-13-14-15-16-17-18-19-20-21-22(23)24;1-2-3-4-5-6(7)8/h2-21H2,1H3,(H,23,24);2-5H2,1H3,(H,7,8). The van der Waals surface area contributed by atoms with Crippen LogP contribution < -0.4 is 0 Å². The van der Waals surface area contributed by atoms with Gasteiger partial charge in [0.15, 0.2) is 0 Å². The van der Waals surface area contributed by atoms with E-state index in [2.05, 4.69) is 13.8 Å². The van der Waals surface area contributed by atoms with Crippen LogP contribution in [0.1, 0.15) is 168 Å². The van der Waals surface area contributed by atoms with Gasteiger partial charge in [0, 0.05) is 12.8 Å². The smallest absolute Gasteiger partial charge is 0.303 e. The first-order valence-electron chi connectivity index (χ1n) is 14.0. The number of carbonyl (C=O) groups is 2. The van der Waals surface area contributed by atoms with Gasteiger partial charge in [-0.05, 0) is 12.8 Å². The van der Waals surface area contributed by atoms with Gasteiger partial charge in [0.2, 0.25) is 0 Å². The maximum absolute atomic E-state index is 10.4. The lowest BCUT2D eigenvalue weighted by Gasteiger charge is -2.03. The lowest BCUT2D eigenvalue weighted by Crippen LogP contribution is -1.93. The van der Waals surface area contributed by atoms with E-state index in [9.17, 15) is 9.59 Å². The van der Waals surface area contributed by atoms with E-state index in [0.717, 1.165) is 32.1 Å². The predicted octanol–water partition coefficient (Wildman–Crippen LogP) is 9.54. The molecule has 0 saturated heterocycles. The van der Waals surface area contributed by atoms with Gasteiger partial charge in [0.1, 0.15) is 0 Å². The zero-order valence-electron chi connectivity index (χ0n) is 21.7. The Balaban J connectivity index is 0. The number of aliphatic carboxylic acids is 2. The highest BCUT2D eigenvalue weighted by atomic mass is 16.4. The lowest BCUT2D eigenvalue weighted by atomic mass is 10.0. The molecular weight excluding hydrogens is 400 g/mol. The largest absolute Gasteiger partial charge is 0.481 e. The van der Waals surface area contributed by atoms with Crippen LogP contribution in [0, 0.1) is 0 Å². The summed E-state index contributed by atoms with van der Waals surface area (Å²) in [6, 6.07) is 0. The summed E-state index contributed by atoms with van der Waals surface area (Å²) in [6.45, 7) is 4.34. The Morgan fingerprint density at radius 2 is 0.562 bits per heavy atom. The van der Waals surface area contributed by atoms with E-state index >= 15 is 0 Å². The van der Waals surface area contributed by atoms with Crippen LogP contribution in [0.3, 0.4) is 0 Å². The molecule has 0 radical (unpaired) electrons. The fraction of sp³-hybridized carbons (Fsp3) is 0.929. The van der Waals surface area contributed by atoms with Crippen LogP contribution in [0.5, 0.6) is 0 Å². The second kappa shape index (κ2) is 29.9. The second-order valence-electron chi connectivity index (χ2n) is 9.36. The quantitative estimate of drug-likeness (QED) is 0.142. The Kier molecular flexibility index (Phi) is 31.0. The molecule has 0 aromatic carbocycles. The van der Waals surface area contributed by atoms with Crippen molar-refractivity contribution >= 4 is 11.9 Å². The van der Waals surface area contributed by atoms with Crippen LogP contribution in [0.4, 0.5) is 0 Å². The van der Waals surface area contributed by atoms with Gasteiger partial charge in [-0.2, -0.15) is 0 Å². The molecule has 0 spiro atoms. The molecule has 0 aliphatic rings. The number of carboxylic acid groups (broad SMARTS) is 2. The molecule has 4 nitrogen and oxygen atoms in total. The highest BCUT2D eigenvalue weighted by molar-refractivity contribution is 5.66. The van der Waals surface area contributed by atoms with Gasteiger partial charge in [-0.3, -0.25) is 9.59 Å². The fourth-order valence-corrected chi connectivity index (χ4v) is 3.88. The van der Waals surface area contributed by atoms with Crippen molar-refractivity contribution in [3.8, 4) is 0 Å². The van der Waals surface area contributed by atoms with Crippen LogP contribution in [0.2, 0.25) is 0 Å². The van der Waals surface area contributed by atoms with Crippen LogP contribution in [0.25, 0.3) is 0 Å². The molecule has 192 valence electrons. The molecular formula is C28H56O4. The molecule has 0 aromatic rings. The Labute approximate surface area is 200 Å². The summed E-state index contributed by atoms with van der Waals surface area (Å²) in [5.74, 6) is -1.33. The van der Waals surface area contributed by atoms with Gasteiger partial charge < -0.3 is 10.2 Å². The molecule has 0 aliphatic heterocycles. The monoisotopic (exact) mass is 456 g/mol. The van der Waals surface area contributed by atoms with Gasteiger partial charge in [-0.15, -0.1) is 0 Å². The third-order valence-electron chi connectivity index (χ3n) is 5.99. The number of unbranched alkanes of at least 4 members (excludes halogenated alkanes) is 20. The summed E-state index contributed by atoms with van der Waals surface area (Å²) < 4.78 is 0. The van der Waals surface area contributed by atoms with Gasteiger partial charge in [0.25, 0.3) is 0 Å². The average Bonchev–Trinajstić information content (AvgIpc) is 2.75. The maximum atomic E-state index is 10.4. The molecule has 32 heavy (non-hydrogen) atoms. The number of hydrogen-bond acceptors (Lipinski definition) is 2. The molecule has 4 heteroatoms. The summed E-state index contributed by atoms with van der Waals surface area (Å²) in [6.07, 6.45) is 29.4. The summed E-state index contributed by atoms with van der Waals surface area (Å²) in [4.78, 5) is 20.3. The molecule has 2 N–H and O–H groups in total. The minimum Gasteiger partial charge on any atom is -0.481 e. The van der Waals surface area contributed by atoms with Crippen molar-refractivity contribution in [2.24, 2.45) is 0 Å². The third kappa shape index (κ3) is 36.3. The van der Waals surface area contributed by atoms with Crippen molar-refractivity contribution in [1.29, 1.82) is 0 Å². The molecule has 0 unspecified atom stereocenters. The first-order valence-corrected chi connectivity index (χ1v) is 14.0. The van der Waals surface area contributed by atoms with Gasteiger partial charge in [-0.25, -0.2) is 0 Å². The summed E-state index contributed by atoms with van der Waals surface area (Å²) in [5.41, 5.74) is 0. The minimum atomic E-state index is -0.682. The highest BCUT2D eigenvalue weighted by Crippen LogP contribution is 2.14. The van der Waals surface area contributed by atoms with Crippen LogP contribution in [-0.4, -0.2) is 22.2 Å². The first-order chi connectivity index (χ1) is 15.5. The van der Waals surface area contributed by atoms with E-state index in [4.69, 9.17) is 10.2 Å². The average molecular weight is 457 g/mol. The van der Waals surface area contributed by atoms with E-state index in [1.165, 1.54) is 109 Å². The molecule has 0 heterocycles. The Morgan fingerprint density at radius 1 is 0.375 bits per heavy atom. The predicted molar refractivity (Wildman–Crippen MR) is 137 cm³/mol. The Morgan fingerprint density at radius 3 is 0.812 bits per heavy atom. The minimum absolute atomic E-state index is 0.327. The number of hydrogen-bond donors (Lipinski definition) is 2. The Bertz CT molecular complexity index is 382. The third-order valence-corrected chi connectivity index (χ3v) is 5.99. The van der Waals surface area contributed by atoms with Crippen molar-refractivity contribution in [1.82, 2.24) is 0 Å². The molecule has 0 aromatic heterocycles. The SMILES string of the molecule is CCCCCC(=O)O.CCCCCCCCCCCCCCCCCCCCCC(=O)O.